The number of hydroxylamine groups is 6. The Kier molecular flexibility index (Phi) is 24.3. The predicted molar refractivity (Wildman–Crippen MR) is 200 cm³/mol. The van der Waals surface area contributed by atoms with E-state index in [9.17, 15) is 69.0 Å². The minimum atomic E-state index is -1.73. The zero-order valence-corrected chi connectivity index (χ0v) is 33.4. The van der Waals surface area contributed by atoms with E-state index in [0.717, 1.165) is 0 Å². The van der Waals surface area contributed by atoms with Crippen LogP contribution in [0.5, 0.6) is 0 Å². The van der Waals surface area contributed by atoms with E-state index in [4.69, 9.17) is 0 Å². The van der Waals surface area contributed by atoms with Crippen molar-refractivity contribution in [3.8, 4) is 0 Å². The van der Waals surface area contributed by atoms with Crippen molar-refractivity contribution >= 4 is 53.2 Å². The Labute approximate surface area is 336 Å². The Bertz CT molecular complexity index is 1400. The van der Waals surface area contributed by atoms with Gasteiger partial charge in [0.05, 0.1) is 19.8 Å². The highest BCUT2D eigenvalue weighted by molar-refractivity contribution is 5.97. The molecule has 0 spiro atoms. The van der Waals surface area contributed by atoms with Gasteiger partial charge in [-0.05, 0) is 57.8 Å². The normalized spacial score (nSPS) is 21.2. The van der Waals surface area contributed by atoms with Crippen LogP contribution in [-0.2, 0) is 43.2 Å². The van der Waals surface area contributed by atoms with Gasteiger partial charge in [-0.2, -0.15) is 0 Å². The molecule has 1 aliphatic rings. The molecule has 23 nitrogen and oxygen atoms in total. The van der Waals surface area contributed by atoms with Gasteiger partial charge in [-0.1, -0.05) is 20.8 Å². The van der Waals surface area contributed by atoms with Crippen molar-refractivity contribution in [2.75, 3.05) is 39.4 Å². The fraction of sp³-hybridized carbons (Fsp3) is 0.743. The fourth-order valence-electron chi connectivity index (χ4n) is 5.56. The summed E-state index contributed by atoms with van der Waals surface area (Å²) in [6, 6.07) is -7.87. The summed E-state index contributed by atoms with van der Waals surface area (Å²) in [4.78, 5) is 117. The molecule has 0 unspecified atom stereocenters. The Morgan fingerprint density at radius 1 is 0.500 bits per heavy atom. The number of carbonyl (C=O) groups is 9. The molecule has 5 atom stereocenters. The van der Waals surface area contributed by atoms with Crippen molar-refractivity contribution < 1.29 is 69.0 Å². The van der Waals surface area contributed by atoms with E-state index in [1.807, 2.05) is 0 Å². The molecule has 0 aliphatic carbocycles. The highest BCUT2D eigenvalue weighted by atomic mass is 16.5. The van der Waals surface area contributed by atoms with Crippen molar-refractivity contribution in [3.05, 3.63) is 0 Å². The van der Waals surface area contributed by atoms with Gasteiger partial charge in [0.2, 0.25) is 53.2 Å². The van der Waals surface area contributed by atoms with E-state index in [1.54, 1.807) is 20.8 Å². The molecule has 58 heavy (non-hydrogen) atoms. The average Bonchev–Trinajstić information content (AvgIpc) is 3.18. The highest BCUT2D eigenvalue weighted by Gasteiger charge is 2.33. The van der Waals surface area contributed by atoms with E-state index in [0.29, 0.717) is 34.5 Å². The van der Waals surface area contributed by atoms with Crippen LogP contribution in [0, 0.1) is 0 Å². The number of nitrogens with one attached hydrogen (secondary N) is 6. The number of rotatable bonds is 20. The zero-order valence-electron chi connectivity index (χ0n) is 33.4. The van der Waals surface area contributed by atoms with E-state index >= 15 is 0 Å². The van der Waals surface area contributed by atoms with Crippen molar-refractivity contribution in [1.29, 1.82) is 0 Å². The quantitative estimate of drug-likeness (QED) is 0.0428. The number of aliphatic hydroxyl groups excluding tert-OH is 2. The minimum absolute atomic E-state index is 0.0324. The van der Waals surface area contributed by atoms with Gasteiger partial charge in [0.1, 0.15) is 30.2 Å². The second-order valence-electron chi connectivity index (χ2n) is 13.7. The van der Waals surface area contributed by atoms with Crippen molar-refractivity contribution in [1.82, 2.24) is 47.1 Å². The van der Waals surface area contributed by atoms with Gasteiger partial charge in [0.25, 0.3) is 0 Å². The number of aliphatic hydroxyl groups is 2. The van der Waals surface area contributed by atoms with E-state index in [2.05, 4.69) is 31.9 Å². The third kappa shape index (κ3) is 18.5. The molecule has 23 heteroatoms. The number of carbonyl (C=O) groups excluding carboxylic acids is 9. The lowest BCUT2D eigenvalue weighted by molar-refractivity contribution is -0.166. The summed E-state index contributed by atoms with van der Waals surface area (Å²) >= 11 is 0. The van der Waals surface area contributed by atoms with Gasteiger partial charge in [0.15, 0.2) is 0 Å². The smallest absolute Gasteiger partial charge is 0.245 e. The van der Waals surface area contributed by atoms with E-state index in [1.165, 1.54) is 0 Å². The van der Waals surface area contributed by atoms with Gasteiger partial charge >= 0.3 is 0 Å². The molecule has 0 aromatic carbocycles. The Morgan fingerprint density at radius 3 is 1.12 bits per heavy atom. The SMILES string of the molecule is CCCC(=O)N(O)CCC[C@@H]1NC(=O)CNC(=O)[C@H](CO)NC(=O)[C@H](CO)NC(=O)[C@H](CCCN(O)C(=O)CCC)NC(=O)[C@H](CCCN(O)C(=O)CCC)NC1=O. The first kappa shape index (κ1) is 51.0. The number of amides is 9. The monoisotopic (exact) mass is 831 g/mol. The predicted octanol–water partition coefficient (Wildman–Crippen LogP) is -3.08. The largest absolute Gasteiger partial charge is 0.394 e. The first-order valence-electron chi connectivity index (χ1n) is 19.5. The fourth-order valence-corrected chi connectivity index (χ4v) is 5.56. The van der Waals surface area contributed by atoms with Crippen LogP contribution < -0.4 is 31.9 Å². The molecule has 0 aromatic heterocycles. The number of hydrogen-bond acceptors (Lipinski definition) is 14. The summed E-state index contributed by atoms with van der Waals surface area (Å²) < 4.78 is 0. The molecule has 330 valence electrons. The van der Waals surface area contributed by atoms with Crippen LogP contribution in [0.1, 0.15) is 97.8 Å². The van der Waals surface area contributed by atoms with E-state index in [-0.39, 0.29) is 77.4 Å². The molecular formula is C35H61N9O14. The van der Waals surface area contributed by atoms with Crippen LogP contribution in [0.25, 0.3) is 0 Å². The lowest BCUT2D eigenvalue weighted by atomic mass is 10.0. The topological polar surface area (TPSA) is 337 Å². The molecule has 0 aromatic rings. The summed E-state index contributed by atoms with van der Waals surface area (Å²) in [5.74, 6) is -7.83. The Morgan fingerprint density at radius 2 is 0.793 bits per heavy atom. The summed E-state index contributed by atoms with van der Waals surface area (Å²) in [5.41, 5.74) is 0. The van der Waals surface area contributed by atoms with Crippen molar-refractivity contribution in [2.45, 2.75) is 128 Å². The Hall–Kier alpha value is -4.97. The summed E-state index contributed by atoms with van der Waals surface area (Å²) in [7, 11) is 0. The van der Waals surface area contributed by atoms with Gasteiger partial charge in [0, 0.05) is 38.9 Å². The molecule has 1 rings (SSSR count). The first-order chi connectivity index (χ1) is 27.5. The van der Waals surface area contributed by atoms with Gasteiger partial charge in [-0.3, -0.25) is 58.8 Å². The minimum Gasteiger partial charge on any atom is -0.394 e. The third-order valence-electron chi connectivity index (χ3n) is 8.82. The van der Waals surface area contributed by atoms with Gasteiger partial charge < -0.3 is 42.1 Å². The second-order valence-corrected chi connectivity index (χ2v) is 13.7. The first-order valence-corrected chi connectivity index (χ1v) is 19.5. The third-order valence-corrected chi connectivity index (χ3v) is 8.82. The summed E-state index contributed by atoms with van der Waals surface area (Å²) in [6.45, 7) is 1.66. The van der Waals surface area contributed by atoms with Crippen LogP contribution in [0.15, 0.2) is 0 Å². The number of hydrogen-bond donors (Lipinski definition) is 11. The highest BCUT2D eigenvalue weighted by Crippen LogP contribution is 2.09. The van der Waals surface area contributed by atoms with Gasteiger partial charge in [-0.15, -0.1) is 0 Å². The maximum Gasteiger partial charge on any atom is 0.245 e. The second kappa shape index (κ2) is 27.6. The Balaban J connectivity index is 3.60. The summed E-state index contributed by atoms with van der Waals surface area (Å²) in [5, 5.41) is 65.6. The van der Waals surface area contributed by atoms with Crippen LogP contribution in [0.2, 0.25) is 0 Å². The molecule has 9 amide bonds. The molecule has 0 bridgehead atoms. The molecule has 1 fully saturated rings. The van der Waals surface area contributed by atoms with E-state index < -0.39 is 103 Å². The maximum atomic E-state index is 13.9. The van der Waals surface area contributed by atoms with Crippen LogP contribution in [-0.4, -0.2) is 164 Å². The lowest BCUT2D eigenvalue weighted by Crippen LogP contribution is -2.61. The molecule has 11 N–H and O–H groups in total. The summed E-state index contributed by atoms with van der Waals surface area (Å²) in [6.07, 6.45) is 0.556. The molecule has 1 heterocycles. The van der Waals surface area contributed by atoms with Crippen LogP contribution >= 0.6 is 0 Å². The molecular weight excluding hydrogens is 770 g/mol. The molecule has 0 radical (unpaired) electrons. The average molecular weight is 832 g/mol. The zero-order chi connectivity index (χ0) is 43.8. The van der Waals surface area contributed by atoms with Crippen LogP contribution in [0.4, 0.5) is 0 Å². The molecule has 0 saturated carbocycles. The van der Waals surface area contributed by atoms with Crippen LogP contribution in [0.3, 0.4) is 0 Å². The van der Waals surface area contributed by atoms with Gasteiger partial charge in [-0.25, -0.2) is 15.2 Å². The lowest BCUT2D eigenvalue weighted by Gasteiger charge is -2.28. The standard InChI is InChI=1S/C35H61N9O14/c1-4-10-28(48)42(56)16-7-13-22-32(52)38-23(14-8-17-43(57)29(49)11-5-2)33(53)39-24(15-9-18-44(58)30(50)12-6-3)34(54)41-26(21-46)35(55)40-25(20-45)31(51)36-19-27(47)37-22/h22-26,45-46,56-58H,4-21H2,1-3H3,(H,36,51)(H,37,47)(H,38,52)(H,39,53)(H,40,55)(H,41,54)/t22-,23-,24-,25-,26-/m0/s1. The maximum absolute atomic E-state index is 13.9. The van der Waals surface area contributed by atoms with Crippen molar-refractivity contribution in [3.63, 3.8) is 0 Å². The number of nitrogens with zero attached hydrogens (tertiary/aromatic N) is 3. The molecule has 1 saturated heterocycles. The van der Waals surface area contributed by atoms with Crippen molar-refractivity contribution in [2.24, 2.45) is 0 Å². The molecule has 1 aliphatic heterocycles.